The molecule has 1 rings (SSSR count). The first kappa shape index (κ1) is 23.5. The zero-order valence-corrected chi connectivity index (χ0v) is 17.2. The molecule has 0 radical (unpaired) electrons. The molecule has 0 saturated heterocycles. The molecule has 0 aliphatic heterocycles. The van der Waals surface area contributed by atoms with Crippen LogP contribution in [0.2, 0.25) is 0 Å². The molecule has 6 N–H and O–H groups in total. The second-order valence-electron chi connectivity index (χ2n) is 6.94. The Labute approximate surface area is 167 Å². The van der Waals surface area contributed by atoms with Crippen molar-refractivity contribution in [2.24, 2.45) is 23.4 Å². The summed E-state index contributed by atoms with van der Waals surface area (Å²) in [7, 11) is 1.82. The molecule has 0 aliphatic carbocycles. The number of ether oxygens (including phenoxy) is 1. The van der Waals surface area contributed by atoms with Crippen LogP contribution in [0.15, 0.2) is 36.2 Å². The van der Waals surface area contributed by atoms with Crippen LogP contribution >= 0.6 is 0 Å². The van der Waals surface area contributed by atoms with Gasteiger partial charge >= 0.3 is 5.97 Å². The number of carbonyl (C=O) groups is 2. The van der Waals surface area contributed by atoms with Gasteiger partial charge in [-0.3, -0.25) is 9.59 Å². The van der Waals surface area contributed by atoms with Crippen LogP contribution in [0.1, 0.15) is 32.8 Å². The summed E-state index contributed by atoms with van der Waals surface area (Å²) >= 11 is 0. The second-order valence-corrected chi connectivity index (χ2v) is 6.94. The van der Waals surface area contributed by atoms with Gasteiger partial charge in [0.15, 0.2) is 0 Å². The number of amides is 1. The normalized spacial score (nSPS) is 12.6. The smallest absolute Gasteiger partial charge is 0.318 e. The van der Waals surface area contributed by atoms with Crippen LogP contribution in [0.3, 0.4) is 0 Å². The van der Waals surface area contributed by atoms with E-state index < -0.39 is 11.9 Å². The first-order chi connectivity index (χ1) is 13.3. The summed E-state index contributed by atoms with van der Waals surface area (Å²) in [6, 6.07) is 7.29. The van der Waals surface area contributed by atoms with Crippen LogP contribution < -0.4 is 22.2 Å². The molecule has 0 fully saturated rings. The predicted molar refractivity (Wildman–Crippen MR) is 111 cm³/mol. The molecule has 1 amide bonds. The number of hydrogen-bond donors (Lipinski definition) is 4. The molecule has 1 aromatic rings. The minimum absolute atomic E-state index is 0.195. The van der Waals surface area contributed by atoms with E-state index in [1.807, 2.05) is 33.0 Å². The molecule has 0 aliphatic rings. The molecule has 8 heteroatoms. The van der Waals surface area contributed by atoms with Crippen LogP contribution in [0, 0.1) is 11.8 Å². The monoisotopic (exact) mass is 391 g/mol. The molecule has 0 spiro atoms. The van der Waals surface area contributed by atoms with Crippen LogP contribution in [0.4, 0.5) is 5.69 Å². The summed E-state index contributed by atoms with van der Waals surface area (Å²) in [5, 5.41) is 7.36. The van der Waals surface area contributed by atoms with Gasteiger partial charge in [-0.2, -0.15) is 0 Å². The maximum Gasteiger partial charge on any atom is 0.318 e. The molecule has 8 nitrogen and oxygen atoms in total. The van der Waals surface area contributed by atoms with Gasteiger partial charge in [0.05, 0.1) is 18.8 Å². The molecular weight excluding hydrogens is 358 g/mol. The first-order valence-corrected chi connectivity index (χ1v) is 9.46. The van der Waals surface area contributed by atoms with Gasteiger partial charge in [-0.15, -0.1) is 0 Å². The molecule has 0 bridgehead atoms. The molecular formula is C20H33N5O3. The Morgan fingerprint density at radius 1 is 1.25 bits per heavy atom. The fraction of sp³-hybridized carbons (Fsp3) is 0.500. The molecule has 0 saturated carbocycles. The molecule has 28 heavy (non-hydrogen) atoms. The van der Waals surface area contributed by atoms with Crippen LogP contribution in [0.25, 0.3) is 0 Å². The van der Waals surface area contributed by atoms with Gasteiger partial charge in [-0.05, 0) is 44.0 Å². The fourth-order valence-corrected chi connectivity index (χ4v) is 2.68. The Kier molecular flexibility index (Phi) is 10.0. The Bertz CT molecular complexity index is 658. The van der Waals surface area contributed by atoms with Crippen molar-refractivity contribution in [2.45, 2.75) is 33.7 Å². The lowest BCUT2D eigenvalue weighted by molar-refractivity contribution is -0.151. The maximum absolute atomic E-state index is 12.6. The summed E-state index contributed by atoms with van der Waals surface area (Å²) in [5.74, 6) is 4.56. The second kappa shape index (κ2) is 12.0. The van der Waals surface area contributed by atoms with E-state index in [0.29, 0.717) is 25.2 Å². The van der Waals surface area contributed by atoms with E-state index >= 15 is 0 Å². The Hall–Kier alpha value is -2.58. The molecule has 1 aromatic carbocycles. The summed E-state index contributed by atoms with van der Waals surface area (Å²) in [5.41, 5.74) is 7.93. The first-order valence-electron chi connectivity index (χ1n) is 9.46. The van der Waals surface area contributed by atoms with E-state index in [1.54, 1.807) is 24.1 Å². The fourth-order valence-electron chi connectivity index (χ4n) is 2.68. The van der Waals surface area contributed by atoms with Crippen molar-refractivity contribution in [2.75, 3.05) is 25.5 Å². The highest BCUT2D eigenvalue weighted by Gasteiger charge is 2.28. The highest BCUT2D eigenvalue weighted by Crippen LogP contribution is 2.18. The lowest BCUT2D eigenvalue weighted by Crippen LogP contribution is -2.34. The van der Waals surface area contributed by atoms with Gasteiger partial charge < -0.3 is 26.1 Å². The number of nitrogens with zero attached hydrogens (tertiary/aromatic N) is 1. The minimum atomic E-state index is -0.821. The van der Waals surface area contributed by atoms with Crippen LogP contribution in [0.5, 0.6) is 0 Å². The van der Waals surface area contributed by atoms with E-state index in [4.69, 9.17) is 16.3 Å². The van der Waals surface area contributed by atoms with Gasteiger partial charge in [0, 0.05) is 18.4 Å². The topological polar surface area (TPSA) is 123 Å². The minimum Gasteiger partial charge on any atom is -0.465 e. The Morgan fingerprint density at radius 2 is 1.89 bits per heavy atom. The average molecular weight is 392 g/mol. The number of hydrazine groups is 1. The van der Waals surface area contributed by atoms with Gasteiger partial charge in [0.2, 0.25) is 5.91 Å². The quantitative estimate of drug-likeness (QED) is 0.195. The number of likely N-dealkylation sites (N-methyl/N-ethyl adjacent to an activating group) is 1. The van der Waals surface area contributed by atoms with Crippen molar-refractivity contribution in [3.8, 4) is 0 Å². The third kappa shape index (κ3) is 7.58. The zero-order chi connectivity index (χ0) is 21.1. The number of nitrogens with one attached hydrogen (secondary N) is 2. The summed E-state index contributed by atoms with van der Waals surface area (Å²) in [6.07, 6.45) is 1.90. The zero-order valence-electron chi connectivity index (χ0n) is 17.2. The lowest BCUT2D eigenvalue weighted by atomic mass is 9.96. The van der Waals surface area contributed by atoms with Crippen molar-refractivity contribution >= 4 is 17.6 Å². The molecule has 156 valence electrons. The van der Waals surface area contributed by atoms with Gasteiger partial charge in [0.25, 0.3) is 0 Å². The van der Waals surface area contributed by atoms with Gasteiger partial charge in [-0.1, -0.05) is 26.0 Å². The van der Waals surface area contributed by atoms with Crippen molar-refractivity contribution in [1.82, 2.24) is 10.3 Å². The van der Waals surface area contributed by atoms with Crippen molar-refractivity contribution < 1.29 is 14.3 Å². The Balaban J connectivity index is 2.76. The molecule has 1 atom stereocenters. The number of benzene rings is 1. The van der Waals surface area contributed by atoms with Crippen molar-refractivity contribution in [3.63, 3.8) is 0 Å². The van der Waals surface area contributed by atoms with Crippen molar-refractivity contribution in [1.29, 1.82) is 0 Å². The highest BCUT2D eigenvalue weighted by molar-refractivity contribution is 6.04. The van der Waals surface area contributed by atoms with Crippen molar-refractivity contribution in [3.05, 3.63) is 41.7 Å². The van der Waals surface area contributed by atoms with E-state index in [2.05, 4.69) is 10.6 Å². The summed E-state index contributed by atoms with van der Waals surface area (Å²) in [6.45, 7) is 6.93. The number of carbonyl (C=O) groups excluding carboxylic acids is 2. The van der Waals surface area contributed by atoms with E-state index in [1.165, 1.54) is 6.20 Å². The maximum atomic E-state index is 12.6. The van der Waals surface area contributed by atoms with E-state index in [9.17, 15) is 9.59 Å². The third-order valence-electron chi connectivity index (χ3n) is 4.09. The van der Waals surface area contributed by atoms with Gasteiger partial charge in [0.1, 0.15) is 5.92 Å². The van der Waals surface area contributed by atoms with Crippen LogP contribution in [-0.2, 0) is 20.9 Å². The molecule has 1 unspecified atom stereocenters. The Morgan fingerprint density at radius 3 is 2.39 bits per heavy atom. The number of nitrogens with two attached hydrogens (primary N) is 2. The number of esters is 1. The number of hydrogen-bond acceptors (Lipinski definition) is 7. The lowest BCUT2D eigenvalue weighted by Gasteiger charge is -2.22. The summed E-state index contributed by atoms with van der Waals surface area (Å²) < 4.78 is 5.04. The number of rotatable bonds is 11. The highest BCUT2D eigenvalue weighted by atomic mass is 16.5. The van der Waals surface area contributed by atoms with E-state index in [0.717, 1.165) is 11.3 Å². The van der Waals surface area contributed by atoms with E-state index in [-0.39, 0.29) is 18.4 Å². The van der Waals surface area contributed by atoms with Crippen LogP contribution in [-0.4, -0.2) is 37.1 Å². The molecule has 0 aromatic heterocycles. The standard InChI is InChI=1S/C20H33N5O3/c1-5-28-20(27)18(10-14(2)3)19(26)24-16-8-6-15(7-9-16)13-25(22)17(11-21)12-23-4/h6-9,11,14,18,23H,5,10,12-13,21-22H2,1-4H3,(H,24,26)/b17-11-. The predicted octanol–water partition coefficient (Wildman–Crippen LogP) is 1.55. The molecule has 0 heterocycles. The summed E-state index contributed by atoms with van der Waals surface area (Å²) in [4.78, 5) is 24.7. The van der Waals surface area contributed by atoms with Gasteiger partial charge in [-0.25, -0.2) is 5.84 Å². The third-order valence-corrected chi connectivity index (χ3v) is 4.09. The average Bonchev–Trinajstić information content (AvgIpc) is 2.65. The number of anilines is 1. The largest absolute Gasteiger partial charge is 0.465 e. The SMILES string of the molecule is CCOC(=O)C(CC(C)C)C(=O)Nc1ccc(CN(N)/C(=C\N)CNC)cc1.